The number of benzene rings is 1. The van der Waals surface area contributed by atoms with Crippen molar-refractivity contribution in [2.45, 2.75) is 37.1 Å². The Hall–Kier alpha value is -1.47. The molecule has 0 spiro atoms. The van der Waals surface area contributed by atoms with Crippen LogP contribution in [0, 0.1) is 10.1 Å². The number of sulfone groups is 1. The zero-order chi connectivity index (χ0) is 14.8. The summed E-state index contributed by atoms with van der Waals surface area (Å²) in [5.41, 5.74) is 5.91. The van der Waals surface area contributed by atoms with Crippen LogP contribution in [0.3, 0.4) is 0 Å². The van der Waals surface area contributed by atoms with Gasteiger partial charge >= 0.3 is 0 Å². The number of nitrogens with zero attached hydrogens (tertiary/aromatic N) is 1. The normalized spacial score (nSPS) is 14.9. The van der Waals surface area contributed by atoms with Crippen molar-refractivity contribution in [3.63, 3.8) is 0 Å². The highest BCUT2D eigenvalue weighted by Gasteiger charge is 2.29. The minimum absolute atomic E-state index is 0.256. The van der Waals surface area contributed by atoms with Crippen molar-refractivity contribution in [1.82, 2.24) is 0 Å². The smallest absolute Gasteiger partial charge is 0.291 e. The van der Waals surface area contributed by atoms with E-state index < -0.39 is 14.8 Å². The summed E-state index contributed by atoms with van der Waals surface area (Å²) in [6, 6.07) is 4.07. The molecule has 1 rings (SSSR count). The summed E-state index contributed by atoms with van der Waals surface area (Å²) < 4.78 is 23.3. The number of hydrogen-bond acceptors (Lipinski definition) is 5. The van der Waals surface area contributed by atoms with Gasteiger partial charge in [-0.05, 0) is 12.5 Å². The molecule has 7 heteroatoms. The second kappa shape index (κ2) is 5.66. The average Bonchev–Trinajstić information content (AvgIpc) is 2.34. The summed E-state index contributed by atoms with van der Waals surface area (Å²) in [6.45, 7) is 3.65. The molecular weight excluding hydrogens is 268 g/mol. The summed E-state index contributed by atoms with van der Waals surface area (Å²) in [6.07, 6.45) is 1.62. The molecular formula is C12H18N2O4S. The molecule has 0 aliphatic rings. The van der Waals surface area contributed by atoms with E-state index >= 15 is 0 Å². The molecule has 0 saturated heterocycles. The van der Waals surface area contributed by atoms with Crippen LogP contribution in [0.25, 0.3) is 0 Å². The van der Waals surface area contributed by atoms with Crippen molar-refractivity contribution in [2.24, 2.45) is 5.73 Å². The van der Waals surface area contributed by atoms with Crippen LogP contribution >= 0.6 is 0 Å². The van der Waals surface area contributed by atoms with Crippen LogP contribution in [0.2, 0.25) is 0 Å². The zero-order valence-corrected chi connectivity index (χ0v) is 12.0. The Morgan fingerprint density at radius 1 is 1.42 bits per heavy atom. The van der Waals surface area contributed by atoms with Gasteiger partial charge in [-0.3, -0.25) is 10.1 Å². The molecule has 0 aliphatic carbocycles. The number of nitro groups is 1. The molecule has 106 valence electrons. The lowest BCUT2D eigenvalue weighted by atomic mass is 9.91. The van der Waals surface area contributed by atoms with Crippen molar-refractivity contribution in [3.8, 4) is 0 Å². The van der Waals surface area contributed by atoms with Crippen molar-refractivity contribution >= 4 is 15.5 Å². The maximum atomic E-state index is 11.6. The first-order valence-electron chi connectivity index (χ1n) is 5.93. The summed E-state index contributed by atoms with van der Waals surface area (Å²) >= 11 is 0. The number of rotatable bonds is 5. The molecule has 0 saturated carbocycles. The fourth-order valence-electron chi connectivity index (χ4n) is 1.99. The molecule has 1 aromatic carbocycles. The van der Waals surface area contributed by atoms with Gasteiger partial charge in [0.05, 0.1) is 4.92 Å². The molecule has 0 heterocycles. The van der Waals surface area contributed by atoms with Crippen molar-refractivity contribution < 1.29 is 13.3 Å². The first-order chi connectivity index (χ1) is 8.70. The standard InChI is InChI=1S/C12H18N2O4S/c1-4-10(13)8(2)9-6-5-7-11(19(3,17)18)12(9)14(15)16/h5-8,10H,4,13H2,1-3H3. The second-order valence-corrected chi connectivity index (χ2v) is 6.57. The maximum Gasteiger partial charge on any atom is 0.291 e. The highest BCUT2D eigenvalue weighted by molar-refractivity contribution is 7.90. The summed E-state index contributed by atoms with van der Waals surface area (Å²) in [4.78, 5) is 10.3. The lowest BCUT2D eigenvalue weighted by Crippen LogP contribution is -2.26. The third-order valence-corrected chi connectivity index (χ3v) is 4.34. The monoisotopic (exact) mass is 286 g/mol. The van der Waals surface area contributed by atoms with Gasteiger partial charge in [0.1, 0.15) is 4.90 Å². The van der Waals surface area contributed by atoms with E-state index in [1.807, 2.05) is 6.92 Å². The van der Waals surface area contributed by atoms with Gasteiger partial charge in [-0.2, -0.15) is 0 Å². The molecule has 0 bridgehead atoms. The van der Waals surface area contributed by atoms with Crippen molar-refractivity contribution in [3.05, 3.63) is 33.9 Å². The van der Waals surface area contributed by atoms with Gasteiger partial charge in [-0.1, -0.05) is 26.0 Å². The Kier molecular flexibility index (Phi) is 4.65. The quantitative estimate of drug-likeness (QED) is 0.657. The maximum absolute atomic E-state index is 11.6. The first-order valence-corrected chi connectivity index (χ1v) is 7.82. The number of hydrogen-bond donors (Lipinski definition) is 1. The van der Waals surface area contributed by atoms with E-state index in [9.17, 15) is 18.5 Å². The van der Waals surface area contributed by atoms with Crippen LogP contribution in [-0.2, 0) is 9.84 Å². The number of nitro benzene ring substituents is 1. The van der Waals surface area contributed by atoms with Gasteiger partial charge in [0.15, 0.2) is 9.84 Å². The predicted molar refractivity (Wildman–Crippen MR) is 72.9 cm³/mol. The SMILES string of the molecule is CCC(N)C(C)c1cccc(S(C)(=O)=O)c1[N+](=O)[O-]. The van der Waals surface area contributed by atoms with Crippen LogP contribution in [0.1, 0.15) is 31.7 Å². The Bertz CT molecular complexity index is 583. The van der Waals surface area contributed by atoms with Gasteiger partial charge in [-0.25, -0.2) is 8.42 Å². The number of para-hydroxylation sites is 1. The Morgan fingerprint density at radius 3 is 2.42 bits per heavy atom. The fraction of sp³-hybridized carbons (Fsp3) is 0.500. The van der Waals surface area contributed by atoms with Crippen LogP contribution < -0.4 is 5.73 Å². The van der Waals surface area contributed by atoms with E-state index in [0.29, 0.717) is 12.0 Å². The van der Waals surface area contributed by atoms with E-state index in [-0.39, 0.29) is 22.5 Å². The van der Waals surface area contributed by atoms with E-state index in [1.165, 1.54) is 12.1 Å². The summed E-state index contributed by atoms with van der Waals surface area (Å²) in [7, 11) is -3.65. The largest absolute Gasteiger partial charge is 0.327 e. The van der Waals surface area contributed by atoms with E-state index in [4.69, 9.17) is 5.73 Å². The minimum atomic E-state index is -3.65. The third kappa shape index (κ3) is 3.30. The lowest BCUT2D eigenvalue weighted by molar-refractivity contribution is -0.388. The zero-order valence-electron chi connectivity index (χ0n) is 11.2. The molecule has 2 atom stereocenters. The Balaban J connectivity index is 3.54. The first kappa shape index (κ1) is 15.6. The third-order valence-electron chi connectivity index (χ3n) is 3.22. The van der Waals surface area contributed by atoms with E-state index in [1.54, 1.807) is 13.0 Å². The molecule has 1 aromatic rings. The van der Waals surface area contributed by atoms with Crippen LogP contribution in [-0.4, -0.2) is 25.6 Å². The van der Waals surface area contributed by atoms with Gasteiger partial charge < -0.3 is 5.73 Å². The van der Waals surface area contributed by atoms with E-state index in [2.05, 4.69) is 0 Å². The fourth-order valence-corrected chi connectivity index (χ4v) is 2.85. The van der Waals surface area contributed by atoms with Gasteiger partial charge in [0.25, 0.3) is 5.69 Å². The topological polar surface area (TPSA) is 103 Å². The number of nitrogens with two attached hydrogens (primary N) is 1. The van der Waals surface area contributed by atoms with Crippen molar-refractivity contribution in [2.75, 3.05) is 6.26 Å². The lowest BCUT2D eigenvalue weighted by Gasteiger charge is -2.19. The Labute approximate surface area is 112 Å². The molecule has 0 fully saturated rings. The highest BCUT2D eigenvalue weighted by atomic mass is 32.2. The molecule has 2 unspecified atom stereocenters. The predicted octanol–water partition coefficient (Wildman–Crippen LogP) is 1.84. The molecule has 0 radical (unpaired) electrons. The van der Waals surface area contributed by atoms with Crippen LogP contribution in [0.5, 0.6) is 0 Å². The molecule has 19 heavy (non-hydrogen) atoms. The molecule has 0 aliphatic heterocycles. The van der Waals surface area contributed by atoms with E-state index in [0.717, 1.165) is 6.26 Å². The van der Waals surface area contributed by atoms with Crippen LogP contribution in [0.15, 0.2) is 23.1 Å². The molecule has 6 nitrogen and oxygen atoms in total. The van der Waals surface area contributed by atoms with Gasteiger partial charge in [-0.15, -0.1) is 0 Å². The molecule has 0 amide bonds. The van der Waals surface area contributed by atoms with Gasteiger partial charge in [0, 0.05) is 23.8 Å². The van der Waals surface area contributed by atoms with Crippen molar-refractivity contribution in [1.29, 1.82) is 0 Å². The van der Waals surface area contributed by atoms with Crippen LogP contribution in [0.4, 0.5) is 5.69 Å². The molecule has 0 aromatic heterocycles. The molecule has 2 N–H and O–H groups in total. The summed E-state index contributed by atoms with van der Waals surface area (Å²) in [5.74, 6) is -0.285. The second-order valence-electron chi connectivity index (χ2n) is 4.58. The summed E-state index contributed by atoms with van der Waals surface area (Å²) in [5, 5.41) is 11.2. The Morgan fingerprint density at radius 2 is 2.00 bits per heavy atom. The highest BCUT2D eigenvalue weighted by Crippen LogP contribution is 2.34. The average molecular weight is 286 g/mol. The van der Waals surface area contributed by atoms with Gasteiger partial charge in [0.2, 0.25) is 0 Å². The minimum Gasteiger partial charge on any atom is -0.327 e.